The van der Waals surface area contributed by atoms with E-state index in [2.05, 4.69) is 16.0 Å². The second-order valence-corrected chi connectivity index (χ2v) is 5.42. The molecule has 0 saturated heterocycles. The van der Waals surface area contributed by atoms with E-state index in [1.807, 2.05) is 0 Å². The van der Waals surface area contributed by atoms with Gasteiger partial charge in [-0.1, -0.05) is 18.5 Å². The number of benzene rings is 2. The van der Waals surface area contributed by atoms with E-state index < -0.39 is 5.82 Å². The minimum Gasteiger partial charge on any atom is -0.376 e. The summed E-state index contributed by atoms with van der Waals surface area (Å²) in [5, 5.41) is 8.28. The molecule has 24 heavy (non-hydrogen) atoms. The molecule has 5 nitrogen and oxygen atoms in total. The monoisotopic (exact) mass is 349 g/mol. The number of hydrogen-bond donors (Lipinski definition) is 3. The lowest BCUT2D eigenvalue weighted by molar-refractivity contribution is -0.116. The van der Waals surface area contributed by atoms with E-state index in [1.54, 1.807) is 31.2 Å². The van der Waals surface area contributed by atoms with Crippen molar-refractivity contribution < 1.29 is 14.0 Å². The fourth-order valence-corrected chi connectivity index (χ4v) is 2.06. The van der Waals surface area contributed by atoms with Gasteiger partial charge in [0.2, 0.25) is 11.8 Å². The third-order valence-electron chi connectivity index (χ3n) is 3.15. The van der Waals surface area contributed by atoms with E-state index in [-0.39, 0.29) is 23.4 Å². The molecule has 0 aliphatic carbocycles. The van der Waals surface area contributed by atoms with Crippen LogP contribution in [0.2, 0.25) is 5.02 Å². The standard InChI is InChI=1S/C17H17ClFN3O2/c1-2-16(23)21-11-3-5-12(6-4-11)22-17(24)10-20-13-7-8-15(19)14(18)9-13/h3-9,20H,2,10H2,1H3,(H,21,23)(H,22,24). The van der Waals surface area contributed by atoms with E-state index in [4.69, 9.17) is 11.6 Å². The molecule has 2 aromatic rings. The minimum absolute atomic E-state index is 0.00915. The summed E-state index contributed by atoms with van der Waals surface area (Å²) in [6.45, 7) is 1.78. The molecule has 0 aromatic heterocycles. The van der Waals surface area contributed by atoms with E-state index in [0.29, 0.717) is 23.5 Å². The zero-order chi connectivity index (χ0) is 17.5. The Morgan fingerprint density at radius 1 is 0.958 bits per heavy atom. The molecule has 0 atom stereocenters. The fraction of sp³-hybridized carbons (Fsp3) is 0.176. The van der Waals surface area contributed by atoms with Crippen molar-refractivity contribution in [2.24, 2.45) is 0 Å². The first-order valence-electron chi connectivity index (χ1n) is 7.36. The predicted octanol–water partition coefficient (Wildman–Crippen LogP) is 3.88. The summed E-state index contributed by atoms with van der Waals surface area (Å²) in [6.07, 6.45) is 0.400. The van der Waals surface area contributed by atoms with E-state index in [1.165, 1.54) is 18.2 Å². The van der Waals surface area contributed by atoms with Crippen LogP contribution < -0.4 is 16.0 Å². The maximum absolute atomic E-state index is 13.1. The number of amides is 2. The molecule has 3 N–H and O–H groups in total. The summed E-state index contributed by atoms with van der Waals surface area (Å²) in [5.41, 5.74) is 1.82. The topological polar surface area (TPSA) is 70.2 Å². The van der Waals surface area contributed by atoms with Crippen molar-refractivity contribution in [2.75, 3.05) is 22.5 Å². The van der Waals surface area contributed by atoms with Gasteiger partial charge in [0.1, 0.15) is 5.82 Å². The lowest BCUT2D eigenvalue weighted by Crippen LogP contribution is -2.21. The molecule has 2 amide bonds. The van der Waals surface area contributed by atoms with Gasteiger partial charge in [-0.2, -0.15) is 0 Å². The van der Waals surface area contributed by atoms with Gasteiger partial charge in [0.15, 0.2) is 0 Å². The Morgan fingerprint density at radius 2 is 1.50 bits per heavy atom. The molecule has 0 bridgehead atoms. The molecule has 2 rings (SSSR count). The van der Waals surface area contributed by atoms with Crippen molar-refractivity contribution in [1.82, 2.24) is 0 Å². The highest BCUT2D eigenvalue weighted by molar-refractivity contribution is 6.31. The van der Waals surface area contributed by atoms with Gasteiger partial charge in [-0.15, -0.1) is 0 Å². The second kappa shape index (κ2) is 8.31. The summed E-state index contributed by atoms with van der Waals surface area (Å²) >= 11 is 5.67. The summed E-state index contributed by atoms with van der Waals surface area (Å²) in [4.78, 5) is 23.2. The maximum Gasteiger partial charge on any atom is 0.243 e. The molecule has 2 aromatic carbocycles. The highest BCUT2D eigenvalue weighted by Gasteiger charge is 2.05. The van der Waals surface area contributed by atoms with Crippen molar-refractivity contribution in [3.05, 3.63) is 53.3 Å². The molecule has 0 unspecified atom stereocenters. The largest absolute Gasteiger partial charge is 0.376 e. The zero-order valence-corrected chi connectivity index (χ0v) is 13.8. The molecular weight excluding hydrogens is 333 g/mol. The van der Waals surface area contributed by atoms with Crippen molar-refractivity contribution in [3.8, 4) is 0 Å². The highest BCUT2D eigenvalue weighted by atomic mass is 35.5. The zero-order valence-electron chi connectivity index (χ0n) is 13.0. The first kappa shape index (κ1) is 17.7. The lowest BCUT2D eigenvalue weighted by atomic mass is 10.2. The molecule has 0 spiro atoms. The molecule has 126 valence electrons. The van der Waals surface area contributed by atoms with Crippen LogP contribution in [0.15, 0.2) is 42.5 Å². The Kier molecular flexibility index (Phi) is 6.14. The number of nitrogens with one attached hydrogen (secondary N) is 3. The van der Waals surface area contributed by atoms with Crippen molar-refractivity contribution >= 4 is 40.5 Å². The van der Waals surface area contributed by atoms with Crippen LogP contribution in [0.1, 0.15) is 13.3 Å². The van der Waals surface area contributed by atoms with E-state index in [9.17, 15) is 14.0 Å². The molecule has 0 heterocycles. The van der Waals surface area contributed by atoms with E-state index in [0.717, 1.165) is 0 Å². The summed E-state index contributed by atoms with van der Waals surface area (Å²) in [7, 11) is 0. The van der Waals surface area contributed by atoms with Gasteiger partial charge >= 0.3 is 0 Å². The number of halogens is 2. The SMILES string of the molecule is CCC(=O)Nc1ccc(NC(=O)CNc2ccc(F)c(Cl)c2)cc1. The molecule has 0 saturated carbocycles. The summed E-state index contributed by atoms with van der Waals surface area (Å²) < 4.78 is 13.1. The van der Waals surface area contributed by atoms with Gasteiger partial charge in [-0.3, -0.25) is 9.59 Å². The van der Waals surface area contributed by atoms with Crippen molar-refractivity contribution in [3.63, 3.8) is 0 Å². The van der Waals surface area contributed by atoms with Crippen molar-refractivity contribution in [2.45, 2.75) is 13.3 Å². The quantitative estimate of drug-likeness (QED) is 0.741. The second-order valence-electron chi connectivity index (χ2n) is 5.01. The molecule has 0 fully saturated rings. The Bertz CT molecular complexity index is 735. The first-order chi connectivity index (χ1) is 11.5. The van der Waals surface area contributed by atoms with Crippen LogP contribution in [0.5, 0.6) is 0 Å². The molecule has 0 aliphatic rings. The van der Waals surface area contributed by atoms with Gasteiger partial charge in [0.25, 0.3) is 0 Å². The van der Waals surface area contributed by atoms with Crippen LogP contribution in [0, 0.1) is 5.82 Å². The lowest BCUT2D eigenvalue weighted by Gasteiger charge is -2.09. The Hall–Kier alpha value is -2.60. The summed E-state index contributed by atoms with van der Waals surface area (Å²) in [5.74, 6) is -0.850. The smallest absolute Gasteiger partial charge is 0.243 e. The van der Waals surface area contributed by atoms with Crippen LogP contribution >= 0.6 is 11.6 Å². The first-order valence-corrected chi connectivity index (χ1v) is 7.74. The number of hydrogen-bond acceptors (Lipinski definition) is 3. The number of anilines is 3. The third kappa shape index (κ3) is 5.24. The Balaban J connectivity index is 1.85. The van der Waals surface area contributed by atoms with Gasteiger partial charge in [-0.25, -0.2) is 4.39 Å². The molecule has 0 radical (unpaired) electrons. The predicted molar refractivity (Wildman–Crippen MR) is 93.9 cm³/mol. The third-order valence-corrected chi connectivity index (χ3v) is 3.44. The van der Waals surface area contributed by atoms with Crippen LogP contribution in [-0.4, -0.2) is 18.4 Å². The van der Waals surface area contributed by atoms with Crippen molar-refractivity contribution in [1.29, 1.82) is 0 Å². The van der Waals surface area contributed by atoms with Gasteiger partial charge in [0.05, 0.1) is 11.6 Å². The molecular formula is C17H17ClFN3O2. The van der Waals surface area contributed by atoms with Crippen LogP contribution in [0.3, 0.4) is 0 Å². The maximum atomic E-state index is 13.1. The molecule has 0 aliphatic heterocycles. The summed E-state index contributed by atoms with van der Waals surface area (Å²) in [6, 6.07) is 10.9. The average molecular weight is 350 g/mol. The Labute approximate surface area is 144 Å². The number of carbonyl (C=O) groups is 2. The van der Waals surface area contributed by atoms with Gasteiger partial charge in [-0.05, 0) is 42.5 Å². The van der Waals surface area contributed by atoms with Crippen LogP contribution in [-0.2, 0) is 9.59 Å². The van der Waals surface area contributed by atoms with Crippen LogP contribution in [0.4, 0.5) is 21.5 Å². The minimum atomic E-state index is -0.512. The number of rotatable bonds is 6. The van der Waals surface area contributed by atoms with Crippen LogP contribution in [0.25, 0.3) is 0 Å². The highest BCUT2D eigenvalue weighted by Crippen LogP contribution is 2.19. The fourth-order valence-electron chi connectivity index (χ4n) is 1.88. The molecule has 7 heteroatoms. The normalized spacial score (nSPS) is 10.1. The number of carbonyl (C=O) groups excluding carboxylic acids is 2. The van der Waals surface area contributed by atoms with Gasteiger partial charge < -0.3 is 16.0 Å². The Morgan fingerprint density at radius 3 is 2.04 bits per heavy atom. The van der Waals surface area contributed by atoms with E-state index >= 15 is 0 Å². The van der Waals surface area contributed by atoms with Gasteiger partial charge in [0, 0.05) is 23.5 Å². The average Bonchev–Trinajstić information content (AvgIpc) is 2.57.